The van der Waals surface area contributed by atoms with E-state index >= 15 is 0 Å². The van der Waals surface area contributed by atoms with E-state index in [4.69, 9.17) is 9.47 Å². The molecular formula is C14H12N2O3S. The quantitative estimate of drug-likeness (QED) is 0.793. The molecule has 102 valence electrons. The third-order valence-corrected chi connectivity index (χ3v) is 4.40. The summed E-state index contributed by atoms with van der Waals surface area (Å²) in [6.07, 6.45) is 0.883. The molecule has 0 radical (unpaired) electrons. The van der Waals surface area contributed by atoms with Crippen molar-refractivity contribution >= 4 is 18.0 Å². The van der Waals surface area contributed by atoms with Crippen molar-refractivity contribution in [2.45, 2.75) is 11.7 Å². The lowest BCUT2D eigenvalue weighted by molar-refractivity contribution is 0.111. The highest BCUT2D eigenvalue weighted by Gasteiger charge is 2.23. The molecular weight excluding hydrogens is 276 g/mol. The molecule has 2 aromatic rings. The largest absolute Gasteiger partial charge is 0.486 e. The van der Waals surface area contributed by atoms with E-state index in [0.29, 0.717) is 24.7 Å². The molecule has 2 aliphatic heterocycles. The summed E-state index contributed by atoms with van der Waals surface area (Å²) in [5.41, 5.74) is 2.25. The molecule has 0 saturated heterocycles. The standard InChI is InChI=1S/C14H12N2O3S/c17-8-10-13(15-14-16(10)3-6-20-14)9-1-2-11-12(7-9)19-5-4-18-11/h1-2,7-8H,3-6H2. The van der Waals surface area contributed by atoms with Gasteiger partial charge < -0.3 is 14.0 Å². The van der Waals surface area contributed by atoms with E-state index in [2.05, 4.69) is 4.98 Å². The van der Waals surface area contributed by atoms with Gasteiger partial charge in [-0.15, -0.1) is 0 Å². The summed E-state index contributed by atoms with van der Waals surface area (Å²) in [6, 6.07) is 5.68. The van der Waals surface area contributed by atoms with E-state index in [9.17, 15) is 4.79 Å². The fourth-order valence-corrected chi connectivity index (χ4v) is 3.48. The first-order chi connectivity index (χ1) is 9.86. The fraction of sp³-hybridized carbons (Fsp3) is 0.286. The lowest BCUT2D eigenvalue weighted by Crippen LogP contribution is -2.15. The topological polar surface area (TPSA) is 53.4 Å². The number of nitrogens with zero attached hydrogens (tertiary/aromatic N) is 2. The molecule has 0 spiro atoms. The van der Waals surface area contributed by atoms with Crippen LogP contribution in [-0.4, -0.2) is 34.8 Å². The van der Waals surface area contributed by atoms with Gasteiger partial charge in [-0.2, -0.15) is 0 Å². The van der Waals surface area contributed by atoms with Gasteiger partial charge >= 0.3 is 0 Å². The summed E-state index contributed by atoms with van der Waals surface area (Å²) >= 11 is 1.68. The Morgan fingerprint density at radius 2 is 2.10 bits per heavy atom. The van der Waals surface area contributed by atoms with Crippen molar-refractivity contribution < 1.29 is 14.3 Å². The Balaban J connectivity index is 1.83. The molecule has 1 aromatic carbocycles. The number of carbonyl (C=O) groups excluding carboxylic acids is 1. The highest BCUT2D eigenvalue weighted by molar-refractivity contribution is 7.99. The van der Waals surface area contributed by atoms with Crippen molar-refractivity contribution in [3.63, 3.8) is 0 Å². The van der Waals surface area contributed by atoms with Crippen molar-refractivity contribution in [3.8, 4) is 22.8 Å². The smallest absolute Gasteiger partial charge is 0.169 e. The Kier molecular flexibility index (Phi) is 2.70. The Hall–Kier alpha value is -1.95. The van der Waals surface area contributed by atoms with Crippen LogP contribution in [0.15, 0.2) is 23.4 Å². The maximum atomic E-state index is 11.4. The van der Waals surface area contributed by atoms with Gasteiger partial charge in [0.05, 0.1) is 0 Å². The molecule has 0 unspecified atom stereocenters. The van der Waals surface area contributed by atoms with Crippen LogP contribution < -0.4 is 9.47 Å². The van der Waals surface area contributed by atoms with Crippen LogP contribution in [0.25, 0.3) is 11.3 Å². The Bertz CT molecular complexity index is 696. The molecule has 6 heteroatoms. The van der Waals surface area contributed by atoms with Crippen molar-refractivity contribution in [2.75, 3.05) is 19.0 Å². The maximum Gasteiger partial charge on any atom is 0.169 e. The van der Waals surface area contributed by atoms with E-state index in [-0.39, 0.29) is 0 Å². The number of benzene rings is 1. The normalized spacial score (nSPS) is 16.0. The third-order valence-electron chi connectivity index (χ3n) is 3.45. The number of carbonyl (C=O) groups is 1. The van der Waals surface area contributed by atoms with Crippen molar-refractivity contribution in [3.05, 3.63) is 23.9 Å². The average Bonchev–Trinajstić information content (AvgIpc) is 3.07. The number of hydrogen-bond acceptors (Lipinski definition) is 5. The number of aromatic nitrogens is 2. The molecule has 2 aliphatic rings. The van der Waals surface area contributed by atoms with Gasteiger partial charge in [0.25, 0.3) is 0 Å². The van der Waals surface area contributed by atoms with Crippen LogP contribution in [0, 0.1) is 0 Å². The van der Waals surface area contributed by atoms with E-state index in [1.807, 2.05) is 22.8 Å². The second-order valence-electron chi connectivity index (χ2n) is 4.60. The first-order valence-electron chi connectivity index (χ1n) is 6.45. The molecule has 0 saturated carbocycles. The van der Waals surface area contributed by atoms with Crippen molar-refractivity contribution in [1.82, 2.24) is 9.55 Å². The zero-order valence-corrected chi connectivity index (χ0v) is 11.5. The summed E-state index contributed by atoms with van der Waals surface area (Å²) < 4.78 is 13.1. The first kappa shape index (κ1) is 11.8. The molecule has 0 N–H and O–H groups in total. The highest BCUT2D eigenvalue weighted by Crippen LogP contribution is 2.37. The Morgan fingerprint density at radius 3 is 2.95 bits per heavy atom. The molecule has 5 nitrogen and oxygen atoms in total. The van der Waals surface area contributed by atoms with E-state index in [0.717, 1.165) is 40.7 Å². The predicted molar refractivity (Wildman–Crippen MR) is 74.8 cm³/mol. The number of thioether (sulfide) groups is 1. The molecule has 0 atom stereocenters. The first-order valence-corrected chi connectivity index (χ1v) is 7.44. The highest BCUT2D eigenvalue weighted by atomic mass is 32.2. The van der Waals surface area contributed by atoms with Crippen LogP contribution >= 0.6 is 11.8 Å². The molecule has 0 amide bonds. The van der Waals surface area contributed by atoms with E-state index in [1.165, 1.54) is 0 Å². The molecule has 4 rings (SSSR count). The summed E-state index contributed by atoms with van der Waals surface area (Å²) in [5.74, 6) is 2.44. The average molecular weight is 288 g/mol. The van der Waals surface area contributed by atoms with Gasteiger partial charge in [0.1, 0.15) is 24.6 Å². The fourth-order valence-electron chi connectivity index (χ4n) is 2.52. The van der Waals surface area contributed by atoms with Gasteiger partial charge in [0.15, 0.2) is 22.9 Å². The van der Waals surface area contributed by atoms with E-state index in [1.54, 1.807) is 11.8 Å². The van der Waals surface area contributed by atoms with Gasteiger partial charge in [-0.3, -0.25) is 4.79 Å². The number of hydrogen-bond donors (Lipinski definition) is 0. The van der Waals surface area contributed by atoms with Gasteiger partial charge in [-0.25, -0.2) is 4.98 Å². The van der Waals surface area contributed by atoms with Crippen molar-refractivity contribution in [1.29, 1.82) is 0 Å². The van der Waals surface area contributed by atoms with E-state index < -0.39 is 0 Å². The Labute approximate surface area is 119 Å². The molecule has 0 fully saturated rings. The molecule has 3 heterocycles. The molecule has 1 aromatic heterocycles. The predicted octanol–water partition coefficient (Wildman–Crippen LogP) is 2.24. The second kappa shape index (κ2) is 4.56. The SMILES string of the molecule is O=Cc1c(-c2ccc3c(c2)OCCO3)nc2n1CCS2. The minimum atomic E-state index is 0.548. The molecule has 0 bridgehead atoms. The third kappa shape index (κ3) is 1.71. The molecule has 20 heavy (non-hydrogen) atoms. The van der Waals surface area contributed by atoms with Gasteiger partial charge in [0, 0.05) is 17.9 Å². The second-order valence-corrected chi connectivity index (χ2v) is 5.67. The van der Waals surface area contributed by atoms with Gasteiger partial charge in [-0.1, -0.05) is 11.8 Å². The number of rotatable bonds is 2. The van der Waals surface area contributed by atoms with Crippen LogP contribution in [0.4, 0.5) is 0 Å². The minimum absolute atomic E-state index is 0.548. The van der Waals surface area contributed by atoms with Gasteiger partial charge in [0.2, 0.25) is 0 Å². The summed E-state index contributed by atoms with van der Waals surface area (Å²) in [6.45, 7) is 1.96. The zero-order valence-electron chi connectivity index (χ0n) is 10.7. The lowest BCUT2D eigenvalue weighted by Gasteiger charge is -2.18. The summed E-state index contributed by atoms with van der Waals surface area (Å²) in [7, 11) is 0. The number of aldehydes is 1. The van der Waals surface area contributed by atoms with Crippen LogP contribution in [0.5, 0.6) is 11.5 Å². The van der Waals surface area contributed by atoms with Crippen molar-refractivity contribution in [2.24, 2.45) is 0 Å². The van der Waals surface area contributed by atoms with Crippen LogP contribution in [0.1, 0.15) is 10.5 Å². The summed E-state index contributed by atoms with van der Waals surface area (Å²) in [4.78, 5) is 16.0. The Morgan fingerprint density at radius 1 is 1.25 bits per heavy atom. The number of fused-ring (bicyclic) bond motifs is 2. The monoisotopic (exact) mass is 288 g/mol. The summed E-state index contributed by atoms with van der Waals surface area (Å²) in [5, 5.41) is 0.914. The number of imidazole rings is 1. The van der Waals surface area contributed by atoms with Gasteiger partial charge in [-0.05, 0) is 18.2 Å². The molecule has 0 aliphatic carbocycles. The maximum absolute atomic E-state index is 11.4. The lowest BCUT2D eigenvalue weighted by atomic mass is 10.1. The van der Waals surface area contributed by atoms with Crippen LogP contribution in [0.2, 0.25) is 0 Å². The number of ether oxygens (including phenoxy) is 2. The zero-order chi connectivity index (χ0) is 13.5. The minimum Gasteiger partial charge on any atom is -0.486 e. The van der Waals surface area contributed by atoms with Crippen LogP contribution in [0.3, 0.4) is 0 Å². The van der Waals surface area contributed by atoms with Crippen LogP contribution in [-0.2, 0) is 6.54 Å².